The molecule has 0 atom stereocenters. The van der Waals surface area contributed by atoms with Crippen molar-refractivity contribution in [3.05, 3.63) is 100.0 Å². The number of ether oxygens (including phenoxy) is 4. The fourth-order valence-corrected chi connectivity index (χ4v) is 4.33. The zero-order chi connectivity index (χ0) is 31.5. The smallest absolute Gasteiger partial charge is 0.419 e. The molecule has 3 aromatic carbocycles. The molecule has 0 fully saturated rings. The van der Waals surface area contributed by atoms with E-state index >= 15 is 0 Å². The number of aryl methyl sites for hydroxylation is 1. The Balaban J connectivity index is 1.96. The second-order valence-electron chi connectivity index (χ2n) is 9.19. The van der Waals surface area contributed by atoms with Crippen molar-refractivity contribution < 1.29 is 50.1 Å². The second-order valence-corrected chi connectivity index (χ2v) is 9.19. The van der Waals surface area contributed by atoms with Gasteiger partial charge in [-0.3, -0.25) is 4.98 Å². The summed E-state index contributed by atoms with van der Waals surface area (Å²) in [4.78, 5) is 17.3. The number of methoxy groups -OCH3 is 1. The topological polar surface area (TPSA) is 66.9 Å². The summed E-state index contributed by atoms with van der Waals surface area (Å²) in [5.41, 5.74) is -1.15. The van der Waals surface area contributed by atoms with Crippen LogP contribution in [0.15, 0.2) is 54.6 Å². The molecule has 0 saturated carbocycles. The summed E-state index contributed by atoms with van der Waals surface area (Å²) in [5.74, 6) is -6.95. The van der Waals surface area contributed by atoms with E-state index in [1.165, 1.54) is 13.8 Å². The zero-order valence-corrected chi connectivity index (χ0v) is 23.4. The first-order chi connectivity index (χ1) is 20.4. The van der Waals surface area contributed by atoms with Gasteiger partial charge in [0.2, 0.25) is 11.6 Å². The van der Waals surface area contributed by atoms with Crippen LogP contribution < -0.4 is 14.2 Å². The maximum atomic E-state index is 15.0. The number of carbonyl (C=O) groups is 1. The van der Waals surface area contributed by atoms with Crippen LogP contribution in [0.25, 0.3) is 11.3 Å². The van der Waals surface area contributed by atoms with Crippen molar-refractivity contribution in [2.75, 3.05) is 13.7 Å². The molecule has 0 N–H and O–H groups in total. The summed E-state index contributed by atoms with van der Waals surface area (Å²) in [7, 11) is 1.01. The van der Waals surface area contributed by atoms with Crippen LogP contribution in [0.3, 0.4) is 0 Å². The summed E-state index contributed by atoms with van der Waals surface area (Å²) in [6.07, 6.45) is -5.13. The van der Waals surface area contributed by atoms with Crippen molar-refractivity contribution in [3.63, 3.8) is 0 Å². The molecule has 1 heterocycles. The fourth-order valence-electron chi connectivity index (χ4n) is 4.33. The Hall–Kier alpha value is -4.74. The summed E-state index contributed by atoms with van der Waals surface area (Å²) < 4.78 is 106. The Morgan fingerprint density at radius 1 is 0.907 bits per heavy atom. The Bertz CT molecular complexity index is 1660. The summed E-state index contributed by atoms with van der Waals surface area (Å²) >= 11 is 0. The van der Waals surface area contributed by atoms with E-state index in [1.54, 1.807) is 37.3 Å². The Morgan fingerprint density at radius 2 is 1.60 bits per heavy atom. The lowest BCUT2D eigenvalue weighted by atomic mass is 9.99. The van der Waals surface area contributed by atoms with Crippen LogP contribution in [0.2, 0.25) is 0 Å². The van der Waals surface area contributed by atoms with Gasteiger partial charge < -0.3 is 18.9 Å². The average molecular weight is 606 g/mol. The highest BCUT2D eigenvalue weighted by molar-refractivity contribution is 5.95. The number of aromatic nitrogens is 1. The number of hydrogen-bond donors (Lipinski definition) is 0. The number of rotatable bonds is 9. The van der Waals surface area contributed by atoms with Gasteiger partial charge in [-0.25, -0.2) is 13.6 Å². The Kier molecular flexibility index (Phi) is 9.17. The molecular weight excluding hydrogens is 580 g/mol. The maximum Gasteiger partial charge on any atom is 0.419 e. The largest absolute Gasteiger partial charge is 0.490 e. The molecule has 4 rings (SSSR count). The standard InChI is InChI=1S/C31H25F6NO5/c1-5-41-30(39)25-17(3)38-27(16(2)28(25)42-15-18-9-7-6-8-10-18)19-13-22(33)20(31(35,36)37)14-24(19)43-23-12-11-21(32)26(34)29(23)40-4/h6-14H,5,15H2,1-4H3. The Labute approximate surface area is 242 Å². The third-order valence-corrected chi connectivity index (χ3v) is 6.34. The number of pyridine rings is 1. The highest BCUT2D eigenvalue weighted by atomic mass is 19.4. The van der Waals surface area contributed by atoms with Gasteiger partial charge in [0.05, 0.1) is 30.7 Å². The van der Waals surface area contributed by atoms with E-state index in [0.29, 0.717) is 18.2 Å². The van der Waals surface area contributed by atoms with Crippen LogP contribution in [0.5, 0.6) is 23.0 Å². The molecule has 12 heteroatoms. The van der Waals surface area contributed by atoms with Gasteiger partial charge in [-0.2, -0.15) is 17.6 Å². The molecule has 0 aliphatic carbocycles. The van der Waals surface area contributed by atoms with E-state index in [4.69, 9.17) is 18.9 Å². The van der Waals surface area contributed by atoms with Crippen molar-refractivity contribution >= 4 is 5.97 Å². The summed E-state index contributed by atoms with van der Waals surface area (Å²) in [6, 6.07) is 11.5. The number of nitrogens with zero attached hydrogens (tertiary/aromatic N) is 1. The van der Waals surface area contributed by atoms with E-state index in [2.05, 4.69) is 4.98 Å². The predicted molar refractivity (Wildman–Crippen MR) is 144 cm³/mol. The summed E-state index contributed by atoms with van der Waals surface area (Å²) in [6.45, 7) is 4.56. The molecule has 1 aromatic heterocycles. The van der Waals surface area contributed by atoms with Gasteiger partial charge in [0.25, 0.3) is 0 Å². The lowest BCUT2D eigenvalue weighted by Gasteiger charge is -2.21. The first kappa shape index (κ1) is 31.2. The van der Waals surface area contributed by atoms with Crippen molar-refractivity contribution in [2.45, 2.75) is 33.6 Å². The van der Waals surface area contributed by atoms with Crippen molar-refractivity contribution in [3.8, 4) is 34.3 Å². The van der Waals surface area contributed by atoms with Gasteiger partial charge in [0.1, 0.15) is 29.5 Å². The van der Waals surface area contributed by atoms with Gasteiger partial charge in [0, 0.05) is 11.1 Å². The molecule has 6 nitrogen and oxygen atoms in total. The first-order valence-corrected chi connectivity index (χ1v) is 12.8. The van der Waals surface area contributed by atoms with Crippen LogP contribution in [-0.4, -0.2) is 24.7 Å². The minimum atomic E-state index is -5.13. The molecular formula is C31H25F6NO5. The number of carbonyl (C=O) groups excluding carboxylic acids is 1. The molecule has 4 aromatic rings. The number of alkyl halides is 3. The molecule has 226 valence electrons. The van der Waals surface area contributed by atoms with Gasteiger partial charge in [-0.1, -0.05) is 30.3 Å². The van der Waals surface area contributed by atoms with E-state index < -0.39 is 52.4 Å². The predicted octanol–water partition coefficient (Wildman–Crippen LogP) is 8.36. The lowest BCUT2D eigenvalue weighted by Crippen LogP contribution is -2.14. The van der Waals surface area contributed by atoms with Crippen molar-refractivity contribution in [2.24, 2.45) is 0 Å². The fraction of sp³-hybridized carbons (Fsp3) is 0.226. The van der Waals surface area contributed by atoms with Crippen LogP contribution in [-0.2, 0) is 17.5 Å². The molecule has 0 radical (unpaired) electrons. The van der Waals surface area contributed by atoms with Crippen LogP contribution in [0.1, 0.15) is 39.7 Å². The van der Waals surface area contributed by atoms with Gasteiger partial charge in [0.15, 0.2) is 11.6 Å². The van der Waals surface area contributed by atoms with Crippen LogP contribution in [0.4, 0.5) is 26.3 Å². The molecule has 0 bridgehead atoms. The van der Waals surface area contributed by atoms with E-state index in [1.807, 2.05) is 0 Å². The number of esters is 1. The molecule has 0 spiro atoms. The third-order valence-electron chi connectivity index (χ3n) is 6.34. The van der Waals surface area contributed by atoms with Crippen molar-refractivity contribution in [1.29, 1.82) is 0 Å². The average Bonchev–Trinajstić information content (AvgIpc) is 2.96. The molecule has 0 aliphatic heterocycles. The quantitative estimate of drug-likeness (QED) is 0.141. The number of benzene rings is 3. The Morgan fingerprint density at radius 3 is 2.23 bits per heavy atom. The van der Waals surface area contributed by atoms with Crippen LogP contribution >= 0.6 is 0 Å². The van der Waals surface area contributed by atoms with Gasteiger partial charge >= 0.3 is 12.1 Å². The molecule has 43 heavy (non-hydrogen) atoms. The molecule has 0 amide bonds. The van der Waals surface area contributed by atoms with E-state index in [0.717, 1.165) is 18.7 Å². The number of hydrogen-bond acceptors (Lipinski definition) is 6. The minimum absolute atomic E-state index is 0.00136. The first-order valence-electron chi connectivity index (χ1n) is 12.8. The zero-order valence-electron chi connectivity index (χ0n) is 23.4. The third kappa shape index (κ3) is 6.52. The highest BCUT2D eigenvalue weighted by Crippen LogP contribution is 2.45. The minimum Gasteiger partial charge on any atom is -0.490 e. The van der Waals surface area contributed by atoms with Crippen molar-refractivity contribution in [1.82, 2.24) is 4.98 Å². The highest BCUT2D eigenvalue weighted by Gasteiger charge is 2.36. The maximum absolute atomic E-state index is 15.0. The monoisotopic (exact) mass is 605 g/mol. The van der Waals surface area contributed by atoms with E-state index in [9.17, 15) is 31.1 Å². The SMILES string of the molecule is CCOC(=O)c1c(C)nc(-c2cc(F)c(C(F)(F)F)cc2Oc2ccc(F)c(F)c2OC)c(C)c1OCc1ccccc1. The van der Waals surface area contributed by atoms with E-state index in [-0.39, 0.29) is 47.0 Å². The van der Waals surface area contributed by atoms with Gasteiger partial charge in [-0.15, -0.1) is 0 Å². The second kappa shape index (κ2) is 12.6. The molecule has 0 unspecified atom stereocenters. The lowest BCUT2D eigenvalue weighted by molar-refractivity contribution is -0.140. The van der Waals surface area contributed by atoms with Crippen LogP contribution in [0, 0.1) is 31.3 Å². The number of halogens is 6. The van der Waals surface area contributed by atoms with Gasteiger partial charge in [-0.05, 0) is 50.6 Å². The molecule has 0 saturated heterocycles. The molecule has 0 aliphatic rings. The normalized spacial score (nSPS) is 11.3. The summed E-state index contributed by atoms with van der Waals surface area (Å²) in [5, 5.41) is 0.